The summed E-state index contributed by atoms with van der Waals surface area (Å²) in [7, 11) is 0. The smallest absolute Gasteiger partial charge is 0.308 e. The highest BCUT2D eigenvalue weighted by molar-refractivity contribution is 9.10. The highest BCUT2D eigenvalue weighted by Gasteiger charge is 2.33. The number of rotatable bonds is 3. The summed E-state index contributed by atoms with van der Waals surface area (Å²) in [5.41, 5.74) is 0.577. The molecule has 0 aliphatic carbocycles. The van der Waals surface area contributed by atoms with E-state index in [-0.39, 0.29) is 11.7 Å². The highest BCUT2D eigenvalue weighted by Crippen LogP contribution is 2.24. The van der Waals surface area contributed by atoms with Gasteiger partial charge >= 0.3 is 5.97 Å². The molecule has 2 atom stereocenters. The molecule has 1 aromatic rings. The number of hydrogen-bond donors (Lipinski definition) is 2. The van der Waals surface area contributed by atoms with Crippen LogP contribution in [0.3, 0.4) is 0 Å². The number of aliphatic carboxylic acids is 1. The molecule has 17 heavy (non-hydrogen) atoms. The van der Waals surface area contributed by atoms with Crippen molar-refractivity contribution in [2.75, 3.05) is 13.1 Å². The van der Waals surface area contributed by atoms with Crippen LogP contribution in [-0.2, 0) is 11.2 Å². The number of carboxylic acids is 1. The Hall–Kier alpha value is -0.940. The molecule has 0 saturated carbocycles. The van der Waals surface area contributed by atoms with E-state index >= 15 is 0 Å². The molecule has 1 aliphatic rings. The van der Waals surface area contributed by atoms with Crippen LogP contribution in [0.5, 0.6) is 0 Å². The fraction of sp³-hybridized carbons (Fsp3) is 0.417. The Kier molecular flexibility index (Phi) is 3.79. The average Bonchev–Trinajstić information content (AvgIpc) is 2.70. The minimum atomic E-state index is -0.808. The molecule has 0 spiro atoms. The second-order valence-electron chi connectivity index (χ2n) is 4.30. The molecule has 1 saturated heterocycles. The van der Waals surface area contributed by atoms with Gasteiger partial charge in [-0.3, -0.25) is 4.79 Å². The van der Waals surface area contributed by atoms with Gasteiger partial charge in [0, 0.05) is 11.0 Å². The van der Waals surface area contributed by atoms with Gasteiger partial charge in [0.25, 0.3) is 0 Å². The maximum absolute atomic E-state index is 13.6. The van der Waals surface area contributed by atoms with E-state index in [2.05, 4.69) is 21.2 Å². The number of hydrogen-bond acceptors (Lipinski definition) is 2. The zero-order valence-electron chi connectivity index (χ0n) is 9.12. The molecule has 1 aromatic carbocycles. The summed E-state index contributed by atoms with van der Waals surface area (Å²) in [5, 5.41) is 12.1. The van der Waals surface area contributed by atoms with Gasteiger partial charge in [0.1, 0.15) is 5.82 Å². The molecule has 92 valence electrons. The van der Waals surface area contributed by atoms with Crippen LogP contribution in [0, 0.1) is 17.7 Å². The van der Waals surface area contributed by atoms with Crippen molar-refractivity contribution in [1.82, 2.24) is 5.32 Å². The predicted molar refractivity (Wildman–Crippen MR) is 65.3 cm³/mol. The van der Waals surface area contributed by atoms with Gasteiger partial charge in [-0.2, -0.15) is 0 Å². The lowest BCUT2D eigenvalue weighted by Gasteiger charge is -2.15. The number of benzene rings is 1. The van der Waals surface area contributed by atoms with Crippen molar-refractivity contribution in [1.29, 1.82) is 0 Å². The van der Waals surface area contributed by atoms with Gasteiger partial charge in [-0.15, -0.1) is 0 Å². The predicted octanol–water partition coefficient (Wildman–Crippen LogP) is 2.05. The van der Waals surface area contributed by atoms with Crippen LogP contribution in [0.25, 0.3) is 0 Å². The van der Waals surface area contributed by atoms with Crippen molar-refractivity contribution in [2.24, 2.45) is 11.8 Å². The van der Waals surface area contributed by atoms with E-state index in [0.29, 0.717) is 29.5 Å². The summed E-state index contributed by atoms with van der Waals surface area (Å²) in [6, 6.07) is 4.89. The Morgan fingerprint density at radius 2 is 2.29 bits per heavy atom. The number of carboxylic acid groups (broad SMARTS) is 1. The largest absolute Gasteiger partial charge is 0.481 e. The van der Waals surface area contributed by atoms with E-state index in [4.69, 9.17) is 5.11 Å². The third kappa shape index (κ3) is 2.84. The molecule has 2 unspecified atom stereocenters. The second-order valence-corrected chi connectivity index (χ2v) is 5.22. The number of halogens is 2. The molecule has 5 heteroatoms. The minimum absolute atomic E-state index is 0.0387. The average molecular weight is 302 g/mol. The molecule has 2 rings (SSSR count). The summed E-state index contributed by atoms with van der Waals surface area (Å²) < 4.78 is 14.3. The Balaban J connectivity index is 2.12. The molecular formula is C12H13BrFNO2. The Bertz CT molecular complexity index is 439. The maximum Gasteiger partial charge on any atom is 0.308 e. The maximum atomic E-state index is 13.6. The molecule has 0 amide bonds. The number of nitrogens with one attached hydrogen (secondary N) is 1. The Morgan fingerprint density at radius 1 is 1.53 bits per heavy atom. The molecule has 3 nitrogen and oxygen atoms in total. The fourth-order valence-electron chi connectivity index (χ4n) is 2.21. The molecule has 0 aromatic heterocycles. The van der Waals surface area contributed by atoms with Gasteiger partial charge in [0.2, 0.25) is 0 Å². The summed E-state index contributed by atoms with van der Waals surface area (Å²) in [4.78, 5) is 11.0. The van der Waals surface area contributed by atoms with Gasteiger partial charge in [-0.05, 0) is 36.6 Å². The van der Waals surface area contributed by atoms with Crippen LogP contribution in [-0.4, -0.2) is 24.2 Å². The highest BCUT2D eigenvalue weighted by atomic mass is 79.9. The van der Waals surface area contributed by atoms with Crippen LogP contribution in [0.2, 0.25) is 0 Å². The SMILES string of the molecule is O=C(O)C1CNCC1Cc1ccc(Br)cc1F. The molecule has 1 aliphatic heterocycles. The van der Waals surface area contributed by atoms with Crippen LogP contribution in [0.4, 0.5) is 4.39 Å². The third-order valence-corrected chi connectivity index (χ3v) is 3.65. The fourth-order valence-corrected chi connectivity index (χ4v) is 2.54. The van der Waals surface area contributed by atoms with E-state index < -0.39 is 11.9 Å². The lowest BCUT2D eigenvalue weighted by Crippen LogP contribution is -2.24. The van der Waals surface area contributed by atoms with Crippen LogP contribution >= 0.6 is 15.9 Å². The third-order valence-electron chi connectivity index (χ3n) is 3.15. The van der Waals surface area contributed by atoms with Gasteiger partial charge in [0.15, 0.2) is 0 Å². The quantitative estimate of drug-likeness (QED) is 0.898. The van der Waals surface area contributed by atoms with Gasteiger partial charge in [0.05, 0.1) is 5.92 Å². The molecule has 0 radical (unpaired) electrons. The first-order valence-corrected chi connectivity index (χ1v) is 6.24. The summed E-state index contributed by atoms with van der Waals surface area (Å²) in [5.74, 6) is -1.55. The monoisotopic (exact) mass is 301 g/mol. The van der Waals surface area contributed by atoms with E-state index in [9.17, 15) is 9.18 Å². The zero-order chi connectivity index (χ0) is 12.4. The standard InChI is InChI=1S/C12H13BrFNO2/c13-9-2-1-7(11(14)4-9)3-8-5-15-6-10(8)12(16)17/h1-2,4,8,10,15H,3,5-6H2,(H,16,17). The lowest BCUT2D eigenvalue weighted by molar-refractivity contribution is -0.142. The van der Waals surface area contributed by atoms with Crippen molar-refractivity contribution in [3.05, 3.63) is 34.1 Å². The first-order chi connectivity index (χ1) is 8.08. The topological polar surface area (TPSA) is 49.3 Å². The van der Waals surface area contributed by atoms with E-state index in [0.717, 1.165) is 0 Å². The lowest BCUT2D eigenvalue weighted by atomic mass is 9.89. The van der Waals surface area contributed by atoms with Gasteiger partial charge < -0.3 is 10.4 Å². The van der Waals surface area contributed by atoms with Crippen molar-refractivity contribution in [3.63, 3.8) is 0 Å². The van der Waals surface area contributed by atoms with E-state index in [1.54, 1.807) is 12.1 Å². The van der Waals surface area contributed by atoms with Gasteiger partial charge in [-0.1, -0.05) is 22.0 Å². The second kappa shape index (κ2) is 5.14. The van der Waals surface area contributed by atoms with Crippen molar-refractivity contribution in [3.8, 4) is 0 Å². The summed E-state index contributed by atoms with van der Waals surface area (Å²) in [6.45, 7) is 1.10. The normalized spacial score (nSPS) is 23.9. The molecule has 1 heterocycles. The zero-order valence-corrected chi connectivity index (χ0v) is 10.7. The minimum Gasteiger partial charge on any atom is -0.481 e. The first kappa shape index (κ1) is 12.5. The van der Waals surface area contributed by atoms with Crippen LogP contribution in [0.15, 0.2) is 22.7 Å². The molecule has 2 N–H and O–H groups in total. The van der Waals surface area contributed by atoms with Crippen molar-refractivity contribution >= 4 is 21.9 Å². The van der Waals surface area contributed by atoms with Crippen LogP contribution in [0.1, 0.15) is 5.56 Å². The van der Waals surface area contributed by atoms with Crippen LogP contribution < -0.4 is 5.32 Å². The Labute approximate surface area is 107 Å². The van der Waals surface area contributed by atoms with Crippen molar-refractivity contribution < 1.29 is 14.3 Å². The first-order valence-electron chi connectivity index (χ1n) is 5.45. The summed E-state index contributed by atoms with van der Waals surface area (Å²) >= 11 is 3.20. The van der Waals surface area contributed by atoms with Crippen molar-refractivity contribution in [2.45, 2.75) is 6.42 Å². The molecule has 0 bridgehead atoms. The molecule has 1 fully saturated rings. The van der Waals surface area contributed by atoms with E-state index in [1.165, 1.54) is 6.07 Å². The summed E-state index contributed by atoms with van der Waals surface area (Å²) in [6.07, 6.45) is 0.461. The Morgan fingerprint density at radius 3 is 2.94 bits per heavy atom. The van der Waals surface area contributed by atoms with E-state index in [1.807, 2.05) is 0 Å². The van der Waals surface area contributed by atoms with Gasteiger partial charge in [-0.25, -0.2) is 4.39 Å². The number of carbonyl (C=O) groups is 1. The molecular weight excluding hydrogens is 289 g/mol.